The van der Waals surface area contributed by atoms with Crippen LogP contribution in [0.1, 0.15) is 30.1 Å². The third kappa shape index (κ3) is 3.43. The molecule has 0 aliphatic heterocycles. The van der Waals surface area contributed by atoms with Crippen LogP contribution in [-0.2, 0) is 14.3 Å². The number of hydrogen-bond acceptors (Lipinski definition) is 4. The molecule has 0 heterocycles. The van der Waals surface area contributed by atoms with Crippen molar-refractivity contribution in [1.82, 2.24) is 0 Å². The highest BCUT2D eigenvalue weighted by Gasteiger charge is 2.51. The minimum absolute atomic E-state index is 0.0191. The number of aliphatic carboxylic acids is 1. The summed E-state index contributed by atoms with van der Waals surface area (Å²) in [5, 5.41) is 12.2. The Morgan fingerprint density at radius 2 is 1.76 bits per heavy atom. The van der Waals surface area contributed by atoms with Gasteiger partial charge in [0.25, 0.3) is 0 Å². The molecule has 6 nitrogen and oxygen atoms in total. The first-order valence-corrected chi connectivity index (χ1v) is 8.50. The number of rotatable bonds is 6. The van der Waals surface area contributed by atoms with Crippen LogP contribution in [-0.4, -0.2) is 29.6 Å². The van der Waals surface area contributed by atoms with Crippen molar-refractivity contribution in [2.75, 3.05) is 11.9 Å². The summed E-state index contributed by atoms with van der Waals surface area (Å²) in [5.41, 5.74) is 0.950. The lowest BCUT2D eigenvalue weighted by Crippen LogP contribution is -2.36. The predicted molar refractivity (Wildman–Crippen MR) is 91.0 cm³/mol. The number of allylic oxidation sites excluding steroid dienone is 2. The topological polar surface area (TPSA) is 92.7 Å². The highest BCUT2D eigenvalue weighted by Crippen LogP contribution is 2.48. The van der Waals surface area contributed by atoms with Gasteiger partial charge in [-0.2, -0.15) is 0 Å². The minimum atomic E-state index is -0.925. The Morgan fingerprint density at radius 3 is 2.36 bits per heavy atom. The lowest BCUT2D eigenvalue weighted by molar-refractivity contribution is -0.146. The van der Waals surface area contributed by atoms with Crippen LogP contribution in [0.3, 0.4) is 0 Å². The first kappa shape index (κ1) is 17.2. The molecule has 0 spiro atoms. The van der Waals surface area contributed by atoms with Crippen molar-refractivity contribution >= 4 is 23.5 Å². The van der Waals surface area contributed by atoms with E-state index >= 15 is 0 Å². The van der Waals surface area contributed by atoms with E-state index < -0.39 is 23.8 Å². The van der Waals surface area contributed by atoms with Crippen molar-refractivity contribution in [1.29, 1.82) is 0 Å². The van der Waals surface area contributed by atoms with Crippen LogP contribution in [0.2, 0.25) is 0 Å². The van der Waals surface area contributed by atoms with E-state index in [0.717, 1.165) is 12.8 Å². The lowest BCUT2D eigenvalue weighted by Gasteiger charge is -2.23. The van der Waals surface area contributed by atoms with Crippen LogP contribution >= 0.6 is 0 Å². The molecule has 0 saturated heterocycles. The number of ether oxygens (including phenoxy) is 1. The number of anilines is 1. The van der Waals surface area contributed by atoms with Crippen molar-refractivity contribution in [3.05, 3.63) is 42.0 Å². The second-order valence-electron chi connectivity index (χ2n) is 6.54. The number of fused-ring (bicyclic) bond motifs is 2. The molecule has 3 rings (SSSR count). The molecule has 4 atom stereocenters. The fourth-order valence-corrected chi connectivity index (χ4v) is 3.71. The zero-order valence-corrected chi connectivity index (χ0v) is 14.0. The van der Waals surface area contributed by atoms with Gasteiger partial charge in [0.05, 0.1) is 24.0 Å². The van der Waals surface area contributed by atoms with Gasteiger partial charge in [0.2, 0.25) is 5.91 Å². The Morgan fingerprint density at radius 1 is 1.12 bits per heavy atom. The SMILES string of the molecule is CCCOC(=O)c1ccc(NC(=O)[C@@H]2[C@@H](C(=O)O)[C@H]3C=C[C@H]2C3)cc1. The van der Waals surface area contributed by atoms with Crippen LogP contribution in [0.5, 0.6) is 0 Å². The number of carboxylic acids is 1. The molecule has 1 aromatic carbocycles. The van der Waals surface area contributed by atoms with Gasteiger partial charge in [-0.1, -0.05) is 19.1 Å². The summed E-state index contributed by atoms with van der Waals surface area (Å²) in [5.74, 6) is -2.91. The number of hydrogen-bond donors (Lipinski definition) is 2. The maximum Gasteiger partial charge on any atom is 0.338 e. The molecule has 6 heteroatoms. The number of carboxylic acid groups (broad SMARTS) is 1. The third-order valence-electron chi connectivity index (χ3n) is 4.87. The van der Waals surface area contributed by atoms with Crippen molar-refractivity contribution in [3.63, 3.8) is 0 Å². The van der Waals surface area contributed by atoms with E-state index in [2.05, 4.69) is 5.32 Å². The molecule has 2 bridgehead atoms. The maximum absolute atomic E-state index is 12.6. The molecule has 0 unspecified atom stereocenters. The second kappa shape index (κ2) is 7.09. The lowest BCUT2D eigenvalue weighted by atomic mass is 9.82. The number of esters is 1. The number of carbonyl (C=O) groups is 3. The zero-order chi connectivity index (χ0) is 18.0. The van der Waals surface area contributed by atoms with E-state index in [0.29, 0.717) is 17.9 Å². The summed E-state index contributed by atoms with van der Waals surface area (Å²) in [7, 11) is 0. The summed E-state index contributed by atoms with van der Waals surface area (Å²) < 4.78 is 5.05. The van der Waals surface area contributed by atoms with Crippen molar-refractivity contribution in [2.45, 2.75) is 19.8 Å². The Labute approximate surface area is 145 Å². The molecule has 1 aromatic rings. The smallest absolute Gasteiger partial charge is 0.338 e. The summed E-state index contributed by atoms with van der Waals surface area (Å²) in [6.45, 7) is 2.28. The first-order valence-electron chi connectivity index (χ1n) is 8.50. The van der Waals surface area contributed by atoms with E-state index in [9.17, 15) is 19.5 Å². The summed E-state index contributed by atoms with van der Waals surface area (Å²) in [4.78, 5) is 35.8. The molecule has 1 fully saturated rings. The van der Waals surface area contributed by atoms with Gasteiger partial charge in [0.1, 0.15) is 0 Å². The van der Waals surface area contributed by atoms with Crippen LogP contribution in [0, 0.1) is 23.7 Å². The molecule has 25 heavy (non-hydrogen) atoms. The van der Waals surface area contributed by atoms with Gasteiger partial charge >= 0.3 is 11.9 Å². The fraction of sp³-hybridized carbons (Fsp3) is 0.421. The van der Waals surface area contributed by atoms with Gasteiger partial charge in [0, 0.05) is 5.69 Å². The van der Waals surface area contributed by atoms with Gasteiger partial charge in [-0.3, -0.25) is 9.59 Å². The number of benzene rings is 1. The largest absolute Gasteiger partial charge is 0.481 e. The summed E-state index contributed by atoms with van der Waals surface area (Å²) in [6.07, 6.45) is 5.32. The maximum atomic E-state index is 12.6. The Bertz CT molecular complexity index is 709. The van der Waals surface area contributed by atoms with Crippen LogP contribution in [0.4, 0.5) is 5.69 Å². The Hall–Kier alpha value is -2.63. The quantitative estimate of drug-likeness (QED) is 0.612. The van der Waals surface area contributed by atoms with Crippen molar-refractivity contribution < 1.29 is 24.2 Å². The molecular weight excluding hydrogens is 322 g/mol. The Kier molecular flexibility index (Phi) is 4.88. The number of carbonyl (C=O) groups excluding carboxylic acids is 2. The molecule has 0 radical (unpaired) electrons. The molecule has 1 saturated carbocycles. The molecule has 2 N–H and O–H groups in total. The van der Waals surface area contributed by atoms with E-state index in [-0.39, 0.29) is 17.7 Å². The van der Waals surface area contributed by atoms with Gasteiger partial charge < -0.3 is 15.2 Å². The zero-order valence-electron chi connectivity index (χ0n) is 14.0. The number of amides is 1. The summed E-state index contributed by atoms with van der Waals surface area (Å²) >= 11 is 0. The van der Waals surface area contributed by atoms with E-state index in [1.54, 1.807) is 24.3 Å². The number of nitrogens with one attached hydrogen (secondary N) is 1. The van der Waals surface area contributed by atoms with E-state index in [1.165, 1.54) is 0 Å². The van der Waals surface area contributed by atoms with E-state index in [4.69, 9.17) is 4.74 Å². The monoisotopic (exact) mass is 343 g/mol. The normalized spacial score (nSPS) is 26.4. The van der Waals surface area contributed by atoms with Crippen molar-refractivity contribution in [3.8, 4) is 0 Å². The standard InChI is InChI=1S/C19H21NO5/c1-2-9-25-19(24)11-5-7-14(8-6-11)20-17(21)15-12-3-4-13(10-12)16(15)18(22)23/h3-8,12-13,15-16H,2,9-10H2,1H3,(H,20,21)(H,22,23)/t12-,13-,15-,16-/m0/s1. The highest BCUT2D eigenvalue weighted by molar-refractivity contribution is 5.97. The average Bonchev–Trinajstić information content (AvgIpc) is 3.21. The molecule has 1 amide bonds. The molecule has 2 aliphatic rings. The molecule has 132 valence electrons. The molecular formula is C19H21NO5. The van der Waals surface area contributed by atoms with Crippen molar-refractivity contribution in [2.24, 2.45) is 23.7 Å². The van der Waals surface area contributed by atoms with Gasteiger partial charge in [-0.05, 0) is 48.9 Å². The highest BCUT2D eigenvalue weighted by atomic mass is 16.5. The van der Waals surface area contributed by atoms with Crippen LogP contribution < -0.4 is 5.32 Å². The van der Waals surface area contributed by atoms with Gasteiger partial charge in [-0.15, -0.1) is 0 Å². The first-order chi connectivity index (χ1) is 12.0. The van der Waals surface area contributed by atoms with Gasteiger partial charge in [0.15, 0.2) is 0 Å². The van der Waals surface area contributed by atoms with Gasteiger partial charge in [-0.25, -0.2) is 4.79 Å². The second-order valence-corrected chi connectivity index (χ2v) is 6.54. The van der Waals surface area contributed by atoms with Crippen LogP contribution in [0.15, 0.2) is 36.4 Å². The average molecular weight is 343 g/mol. The molecule has 2 aliphatic carbocycles. The minimum Gasteiger partial charge on any atom is -0.481 e. The van der Waals surface area contributed by atoms with E-state index in [1.807, 2.05) is 19.1 Å². The molecule has 0 aromatic heterocycles. The predicted octanol–water partition coefficient (Wildman–Crippen LogP) is 2.71. The van der Waals surface area contributed by atoms with Crippen LogP contribution in [0.25, 0.3) is 0 Å². The third-order valence-corrected chi connectivity index (χ3v) is 4.87. The fourth-order valence-electron chi connectivity index (χ4n) is 3.71. The Balaban J connectivity index is 1.66. The summed E-state index contributed by atoms with van der Waals surface area (Å²) in [6, 6.07) is 6.42.